The fourth-order valence-electron chi connectivity index (χ4n) is 4.79. The minimum atomic E-state index is -0.498. The maximum atomic E-state index is 14.1. The maximum absolute atomic E-state index is 14.1. The molecule has 0 unspecified atom stereocenters. The van der Waals surface area contributed by atoms with Crippen molar-refractivity contribution in [2.24, 2.45) is 0 Å². The minimum absolute atomic E-state index is 0.0506. The number of nitrogens with zero attached hydrogens (tertiary/aromatic N) is 5. The van der Waals surface area contributed by atoms with Crippen LogP contribution in [-0.4, -0.2) is 76.5 Å². The van der Waals surface area contributed by atoms with Gasteiger partial charge in [-0.3, -0.25) is 14.3 Å². The average molecular weight is 524 g/mol. The molecule has 0 aliphatic carbocycles. The van der Waals surface area contributed by atoms with E-state index in [0.29, 0.717) is 74.0 Å². The third kappa shape index (κ3) is 5.41. The summed E-state index contributed by atoms with van der Waals surface area (Å²) in [6, 6.07) is 9.04. The van der Waals surface area contributed by atoms with Crippen molar-refractivity contribution in [3.63, 3.8) is 0 Å². The second-order valence-corrected chi connectivity index (χ2v) is 9.41. The quantitative estimate of drug-likeness (QED) is 0.483. The normalized spacial score (nSPS) is 17.3. The van der Waals surface area contributed by atoms with Crippen molar-refractivity contribution >= 4 is 11.8 Å². The van der Waals surface area contributed by atoms with Gasteiger partial charge >= 0.3 is 0 Å². The number of hydrogen-bond acceptors (Lipinski definition) is 7. The Hall–Kier alpha value is -4.15. The van der Waals surface area contributed by atoms with Gasteiger partial charge in [-0.1, -0.05) is 5.21 Å². The maximum Gasteiger partial charge on any atom is 0.257 e. The lowest BCUT2D eigenvalue weighted by molar-refractivity contribution is 0.0567. The standard InChI is InChI=1S/C27H30FN5O5/c1-31-21-8-11-32(12-9-21)27(35)22-15-19(28)5-7-23(22)37-13-3-10-33-16-20(29-30-33)17-38-25-14-18(26(31)34)4-6-24(25)36-2/h4-7,14-16,21H,3,8-13,17H2,1-2H3. The Morgan fingerprint density at radius 1 is 1.00 bits per heavy atom. The highest BCUT2D eigenvalue weighted by atomic mass is 19.1. The van der Waals surface area contributed by atoms with Crippen molar-refractivity contribution in [3.8, 4) is 17.2 Å². The molecule has 3 aromatic rings. The summed E-state index contributed by atoms with van der Waals surface area (Å²) in [5.74, 6) is 0.358. The molecule has 0 N–H and O–H groups in total. The molecule has 0 radical (unpaired) electrons. The first-order valence-electron chi connectivity index (χ1n) is 12.6. The smallest absolute Gasteiger partial charge is 0.257 e. The number of aromatic nitrogens is 3. The van der Waals surface area contributed by atoms with Crippen molar-refractivity contribution in [3.05, 3.63) is 65.2 Å². The highest BCUT2D eigenvalue weighted by Crippen LogP contribution is 2.30. The minimum Gasteiger partial charge on any atom is -0.493 e. The zero-order chi connectivity index (χ0) is 26.6. The summed E-state index contributed by atoms with van der Waals surface area (Å²) in [5.41, 5.74) is 1.29. The predicted molar refractivity (Wildman–Crippen MR) is 135 cm³/mol. The van der Waals surface area contributed by atoms with E-state index >= 15 is 0 Å². The number of benzene rings is 2. The van der Waals surface area contributed by atoms with Gasteiger partial charge < -0.3 is 24.0 Å². The Morgan fingerprint density at radius 2 is 1.82 bits per heavy atom. The summed E-state index contributed by atoms with van der Waals surface area (Å²) in [4.78, 5) is 30.1. The Bertz CT molecular complexity index is 1320. The molecular weight excluding hydrogens is 493 g/mol. The number of ether oxygens (including phenoxy) is 3. The molecule has 3 aliphatic heterocycles. The fourth-order valence-corrected chi connectivity index (χ4v) is 4.79. The molecule has 11 heteroatoms. The molecule has 3 aliphatic rings. The van der Waals surface area contributed by atoms with Crippen molar-refractivity contribution in [2.45, 2.75) is 38.5 Å². The van der Waals surface area contributed by atoms with Crippen molar-refractivity contribution < 1.29 is 28.2 Å². The van der Waals surface area contributed by atoms with Crippen LogP contribution in [0.15, 0.2) is 42.6 Å². The van der Waals surface area contributed by atoms with E-state index in [9.17, 15) is 14.0 Å². The zero-order valence-electron chi connectivity index (χ0n) is 21.4. The topological polar surface area (TPSA) is 99.0 Å². The molecule has 2 amide bonds. The number of carbonyl (C=O) groups excluding carboxylic acids is 2. The SMILES string of the molecule is COc1ccc2cc1OCc1cn(nn1)CCCOc1ccc(F)cc1C(=O)N1CCC(CC1)N(C)C2=O. The Morgan fingerprint density at radius 3 is 2.61 bits per heavy atom. The van der Waals surface area contributed by atoms with Gasteiger partial charge in [0.1, 0.15) is 23.9 Å². The fraction of sp³-hybridized carbons (Fsp3) is 0.407. The van der Waals surface area contributed by atoms with Crippen LogP contribution in [0.2, 0.25) is 0 Å². The third-order valence-electron chi connectivity index (χ3n) is 6.95. The summed E-state index contributed by atoms with van der Waals surface area (Å²) in [5, 5.41) is 8.28. The number of hydrogen-bond donors (Lipinski definition) is 0. The van der Waals surface area contributed by atoms with Gasteiger partial charge in [-0.05, 0) is 49.2 Å². The predicted octanol–water partition coefficient (Wildman–Crippen LogP) is 3.16. The molecule has 6 rings (SSSR count). The first kappa shape index (κ1) is 25.5. The van der Waals surface area contributed by atoms with E-state index in [-0.39, 0.29) is 30.0 Å². The number of fused-ring (bicyclic) bond motifs is 7. The first-order valence-corrected chi connectivity index (χ1v) is 12.6. The first-order chi connectivity index (χ1) is 18.4. The average Bonchev–Trinajstić information content (AvgIpc) is 3.40. The van der Waals surface area contributed by atoms with Crippen molar-refractivity contribution in [1.82, 2.24) is 24.8 Å². The van der Waals surface area contributed by atoms with Crippen LogP contribution in [0.5, 0.6) is 17.2 Å². The van der Waals surface area contributed by atoms with E-state index in [1.165, 1.54) is 18.2 Å². The van der Waals surface area contributed by atoms with Crippen LogP contribution in [0.4, 0.5) is 4.39 Å². The summed E-state index contributed by atoms with van der Waals surface area (Å²) in [6.07, 6.45) is 3.59. The lowest BCUT2D eigenvalue weighted by Crippen LogP contribution is -2.47. The van der Waals surface area contributed by atoms with E-state index < -0.39 is 5.82 Å². The van der Waals surface area contributed by atoms with E-state index in [1.54, 1.807) is 53.0 Å². The summed E-state index contributed by atoms with van der Waals surface area (Å²) >= 11 is 0. The van der Waals surface area contributed by atoms with Gasteiger partial charge in [-0.2, -0.15) is 0 Å². The number of rotatable bonds is 1. The van der Waals surface area contributed by atoms with E-state index in [4.69, 9.17) is 14.2 Å². The molecule has 6 bridgehead atoms. The molecule has 4 heterocycles. The molecule has 0 saturated carbocycles. The third-order valence-corrected chi connectivity index (χ3v) is 6.95. The number of halogens is 1. The van der Waals surface area contributed by atoms with E-state index in [2.05, 4.69) is 10.3 Å². The molecule has 1 aromatic heterocycles. The number of aryl methyl sites for hydroxylation is 1. The monoisotopic (exact) mass is 523 g/mol. The summed E-state index contributed by atoms with van der Waals surface area (Å²) in [7, 11) is 3.31. The Balaban J connectivity index is 1.42. The Kier molecular flexibility index (Phi) is 7.43. The van der Waals surface area contributed by atoms with Gasteiger partial charge in [0.25, 0.3) is 11.8 Å². The van der Waals surface area contributed by atoms with Gasteiger partial charge in [0.05, 0.1) is 25.5 Å². The zero-order valence-corrected chi connectivity index (χ0v) is 21.4. The number of amides is 2. The van der Waals surface area contributed by atoms with Crippen LogP contribution in [0.1, 0.15) is 45.7 Å². The lowest BCUT2D eigenvalue weighted by atomic mass is 10.0. The number of methoxy groups -OCH3 is 1. The summed E-state index contributed by atoms with van der Waals surface area (Å²) in [6.45, 7) is 1.89. The van der Waals surface area contributed by atoms with E-state index in [1.807, 2.05) is 0 Å². The van der Waals surface area contributed by atoms with Crippen LogP contribution >= 0.6 is 0 Å². The molecule has 1 saturated heterocycles. The molecular formula is C27H30FN5O5. The van der Waals surface area contributed by atoms with Gasteiger partial charge in [-0.25, -0.2) is 4.39 Å². The van der Waals surface area contributed by atoms with Gasteiger partial charge in [0.2, 0.25) is 0 Å². The van der Waals surface area contributed by atoms with Gasteiger partial charge in [0, 0.05) is 44.7 Å². The second kappa shape index (κ2) is 11.1. The van der Waals surface area contributed by atoms with Crippen molar-refractivity contribution in [2.75, 3.05) is 33.9 Å². The van der Waals surface area contributed by atoms with Crippen LogP contribution in [0.25, 0.3) is 0 Å². The van der Waals surface area contributed by atoms with Crippen LogP contribution in [-0.2, 0) is 13.2 Å². The highest BCUT2D eigenvalue weighted by molar-refractivity contribution is 5.97. The van der Waals surface area contributed by atoms with Gasteiger partial charge in [0.15, 0.2) is 11.5 Å². The molecule has 0 atom stereocenters. The van der Waals surface area contributed by atoms with Crippen LogP contribution in [0.3, 0.4) is 0 Å². The molecule has 38 heavy (non-hydrogen) atoms. The molecule has 200 valence electrons. The van der Waals surface area contributed by atoms with Crippen molar-refractivity contribution in [1.29, 1.82) is 0 Å². The molecule has 2 aromatic carbocycles. The largest absolute Gasteiger partial charge is 0.493 e. The van der Waals surface area contributed by atoms with Crippen LogP contribution in [0, 0.1) is 5.82 Å². The molecule has 1 fully saturated rings. The Labute approximate surface area is 219 Å². The molecule has 10 nitrogen and oxygen atoms in total. The summed E-state index contributed by atoms with van der Waals surface area (Å²) < 4.78 is 33.0. The lowest BCUT2D eigenvalue weighted by Gasteiger charge is -2.37. The van der Waals surface area contributed by atoms with E-state index in [0.717, 1.165) is 0 Å². The second-order valence-electron chi connectivity index (χ2n) is 9.41. The molecule has 0 spiro atoms. The van der Waals surface area contributed by atoms with Gasteiger partial charge in [-0.15, -0.1) is 5.10 Å². The number of carbonyl (C=O) groups is 2. The highest BCUT2D eigenvalue weighted by Gasteiger charge is 2.30. The number of piperidine rings is 1. The van der Waals surface area contributed by atoms with Crippen LogP contribution < -0.4 is 14.2 Å².